The second-order valence-corrected chi connectivity index (χ2v) is 8.27. The van der Waals surface area contributed by atoms with Crippen LogP contribution in [0.4, 0.5) is 0 Å². The number of aryl methyl sites for hydroxylation is 1. The number of rotatable bonds is 4. The zero-order valence-corrected chi connectivity index (χ0v) is 14.6. The first-order valence-electron chi connectivity index (χ1n) is 7.83. The summed E-state index contributed by atoms with van der Waals surface area (Å²) in [5.41, 5.74) is 3.04. The van der Waals surface area contributed by atoms with Crippen molar-refractivity contribution < 1.29 is 8.42 Å². The molecule has 1 fully saturated rings. The van der Waals surface area contributed by atoms with Crippen LogP contribution in [0.1, 0.15) is 42.3 Å². The van der Waals surface area contributed by atoms with Crippen LogP contribution in [0.15, 0.2) is 17.3 Å². The van der Waals surface area contributed by atoms with Crippen molar-refractivity contribution in [2.45, 2.75) is 43.7 Å². The first-order chi connectivity index (χ1) is 10.9. The van der Waals surface area contributed by atoms with Crippen LogP contribution in [0.25, 0.3) is 0 Å². The lowest BCUT2D eigenvalue weighted by Gasteiger charge is -2.35. The SMILES string of the molecule is Cc1c(CN2CCCC[C@H]2c2[nH]ncc2S(C)(=O)=O)cnn1C. The molecule has 1 N–H and O–H groups in total. The number of sulfone groups is 1. The Balaban J connectivity index is 1.91. The molecule has 7 nitrogen and oxygen atoms in total. The number of aromatic amines is 1. The summed E-state index contributed by atoms with van der Waals surface area (Å²) in [6.45, 7) is 3.77. The second kappa shape index (κ2) is 6.09. The summed E-state index contributed by atoms with van der Waals surface area (Å²) >= 11 is 0. The van der Waals surface area contributed by atoms with E-state index in [9.17, 15) is 8.42 Å². The summed E-state index contributed by atoms with van der Waals surface area (Å²) in [7, 11) is -1.34. The molecule has 3 heterocycles. The number of nitrogens with zero attached hydrogens (tertiary/aromatic N) is 4. The van der Waals surface area contributed by atoms with E-state index in [2.05, 4.69) is 27.1 Å². The summed E-state index contributed by atoms with van der Waals surface area (Å²) in [5, 5.41) is 11.2. The van der Waals surface area contributed by atoms with Gasteiger partial charge in [-0.1, -0.05) is 6.42 Å². The highest BCUT2D eigenvalue weighted by Crippen LogP contribution is 2.34. The molecular weight excluding hydrogens is 314 g/mol. The van der Waals surface area contributed by atoms with Gasteiger partial charge in [0, 0.05) is 31.1 Å². The number of likely N-dealkylation sites (tertiary alicyclic amines) is 1. The zero-order chi connectivity index (χ0) is 16.6. The van der Waals surface area contributed by atoms with Gasteiger partial charge in [-0.25, -0.2) is 8.42 Å². The molecule has 0 aromatic carbocycles. The molecule has 0 amide bonds. The van der Waals surface area contributed by atoms with Crippen LogP contribution in [0.2, 0.25) is 0 Å². The fourth-order valence-corrected chi connectivity index (χ4v) is 4.07. The molecule has 23 heavy (non-hydrogen) atoms. The van der Waals surface area contributed by atoms with E-state index in [4.69, 9.17) is 0 Å². The predicted octanol–water partition coefficient (Wildman–Crippen LogP) is 1.58. The maximum atomic E-state index is 12.0. The quantitative estimate of drug-likeness (QED) is 0.916. The second-order valence-electron chi connectivity index (χ2n) is 6.28. The van der Waals surface area contributed by atoms with Crippen molar-refractivity contribution in [2.24, 2.45) is 7.05 Å². The molecule has 1 aliphatic rings. The Morgan fingerprint density at radius 3 is 2.78 bits per heavy atom. The number of aromatic nitrogens is 4. The summed E-state index contributed by atoms with van der Waals surface area (Å²) < 4.78 is 25.8. The number of hydrogen-bond acceptors (Lipinski definition) is 5. The van der Waals surface area contributed by atoms with Gasteiger partial charge in [-0.2, -0.15) is 10.2 Å². The molecule has 0 radical (unpaired) electrons. The molecule has 2 aromatic heterocycles. The van der Waals surface area contributed by atoms with Gasteiger partial charge in [0.2, 0.25) is 0 Å². The Labute approximate surface area is 136 Å². The molecule has 0 saturated carbocycles. The van der Waals surface area contributed by atoms with Gasteiger partial charge in [-0.05, 0) is 26.3 Å². The molecule has 1 aliphatic heterocycles. The third-order valence-corrected chi connectivity index (χ3v) is 5.81. The van der Waals surface area contributed by atoms with E-state index in [1.54, 1.807) is 0 Å². The summed E-state index contributed by atoms with van der Waals surface area (Å²) in [6.07, 6.45) is 7.70. The van der Waals surface area contributed by atoms with Crippen LogP contribution < -0.4 is 0 Å². The lowest BCUT2D eigenvalue weighted by Crippen LogP contribution is -2.34. The van der Waals surface area contributed by atoms with Crippen molar-refractivity contribution in [3.63, 3.8) is 0 Å². The normalized spacial score (nSPS) is 20.0. The van der Waals surface area contributed by atoms with Crippen molar-refractivity contribution in [2.75, 3.05) is 12.8 Å². The average molecular weight is 337 g/mol. The number of piperidine rings is 1. The first-order valence-corrected chi connectivity index (χ1v) is 9.72. The fourth-order valence-electron chi connectivity index (χ4n) is 3.24. The Morgan fingerprint density at radius 1 is 1.35 bits per heavy atom. The molecule has 8 heteroatoms. The van der Waals surface area contributed by atoms with Gasteiger partial charge in [0.25, 0.3) is 0 Å². The summed E-state index contributed by atoms with van der Waals surface area (Å²) in [6, 6.07) is 0.0515. The van der Waals surface area contributed by atoms with Crippen LogP contribution in [0.3, 0.4) is 0 Å². The van der Waals surface area contributed by atoms with E-state index < -0.39 is 9.84 Å². The van der Waals surface area contributed by atoms with E-state index >= 15 is 0 Å². The van der Waals surface area contributed by atoms with Gasteiger partial charge in [0.15, 0.2) is 9.84 Å². The van der Waals surface area contributed by atoms with Gasteiger partial charge in [-0.3, -0.25) is 14.7 Å². The number of H-pyrrole nitrogens is 1. The van der Waals surface area contributed by atoms with Crippen molar-refractivity contribution in [1.82, 2.24) is 24.9 Å². The molecule has 0 unspecified atom stereocenters. The highest BCUT2D eigenvalue weighted by molar-refractivity contribution is 7.90. The Hall–Kier alpha value is -1.67. The number of hydrogen-bond donors (Lipinski definition) is 1. The lowest BCUT2D eigenvalue weighted by atomic mass is 9.98. The highest BCUT2D eigenvalue weighted by Gasteiger charge is 2.30. The molecule has 126 valence electrons. The average Bonchev–Trinajstić information content (AvgIpc) is 3.10. The molecule has 2 aromatic rings. The minimum Gasteiger partial charge on any atom is -0.290 e. The smallest absolute Gasteiger partial charge is 0.178 e. The molecule has 0 aliphatic carbocycles. The van der Waals surface area contributed by atoms with Crippen molar-refractivity contribution in [1.29, 1.82) is 0 Å². The maximum Gasteiger partial charge on any atom is 0.178 e. The standard InChI is InChI=1S/C15H23N5O2S/c1-11-12(8-17-19(11)2)10-20-7-5-4-6-13(20)15-14(9-16-18-15)23(3,21)22/h8-9,13H,4-7,10H2,1-3H3,(H,16,18)/t13-/m0/s1. The third kappa shape index (κ3) is 3.18. The minimum absolute atomic E-state index is 0.0515. The highest BCUT2D eigenvalue weighted by atomic mass is 32.2. The maximum absolute atomic E-state index is 12.0. The van der Waals surface area contributed by atoms with E-state index in [1.807, 2.05) is 17.9 Å². The van der Waals surface area contributed by atoms with Gasteiger partial charge in [0.05, 0.1) is 24.1 Å². The molecule has 1 atom stereocenters. The first kappa shape index (κ1) is 16.2. The van der Waals surface area contributed by atoms with Crippen molar-refractivity contribution in [3.8, 4) is 0 Å². The van der Waals surface area contributed by atoms with Crippen molar-refractivity contribution >= 4 is 9.84 Å². The molecule has 3 rings (SSSR count). The van der Waals surface area contributed by atoms with Crippen LogP contribution in [0, 0.1) is 6.92 Å². The molecular formula is C15H23N5O2S. The Kier molecular flexibility index (Phi) is 4.29. The van der Waals surface area contributed by atoms with E-state index in [1.165, 1.54) is 18.0 Å². The van der Waals surface area contributed by atoms with E-state index in [0.717, 1.165) is 38.0 Å². The van der Waals surface area contributed by atoms with Gasteiger partial charge in [-0.15, -0.1) is 0 Å². The van der Waals surface area contributed by atoms with Gasteiger partial charge >= 0.3 is 0 Å². The van der Waals surface area contributed by atoms with Crippen LogP contribution in [-0.4, -0.2) is 46.1 Å². The molecule has 0 bridgehead atoms. The van der Waals surface area contributed by atoms with Crippen LogP contribution in [-0.2, 0) is 23.4 Å². The van der Waals surface area contributed by atoms with Crippen molar-refractivity contribution in [3.05, 3.63) is 29.3 Å². The Bertz CT molecular complexity index is 793. The lowest BCUT2D eigenvalue weighted by molar-refractivity contribution is 0.135. The van der Waals surface area contributed by atoms with Crippen LogP contribution >= 0.6 is 0 Å². The minimum atomic E-state index is -3.28. The molecule has 0 spiro atoms. The molecule has 1 saturated heterocycles. The topological polar surface area (TPSA) is 83.9 Å². The zero-order valence-electron chi connectivity index (χ0n) is 13.8. The largest absolute Gasteiger partial charge is 0.290 e. The fraction of sp³-hybridized carbons (Fsp3) is 0.600. The monoisotopic (exact) mass is 337 g/mol. The predicted molar refractivity (Wildman–Crippen MR) is 86.6 cm³/mol. The third-order valence-electron chi connectivity index (χ3n) is 4.69. The summed E-state index contributed by atoms with van der Waals surface area (Å²) in [5.74, 6) is 0. The van der Waals surface area contributed by atoms with Crippen LogP contribution in [0.5, 0.6) is 0 Å². The van der Waals surface area contributed by atoms with Gasteiger partial charge in [0.1, 0.15) is 4.90 Å². The summed E-state index contributed by atoms with van der Waals surface area (Å²) in [4.78, 5) is 2.65. The van der Waals surface area contributed by atoms with E-state index in [0.29, 0.717) is 10.6 Å². The van der Waals surface area contributed by atoms with Gasteiger partial charge < -0.3 is 0 Å². The Morgan fingerprint density at radius 2 is 2.13 bits per heavy atom. The van der Waals surface area contributed by atoms with E-state index in [-0.39, 0.29) is 6.04 Å². The number of nitrogens with one attached hydrogen (secondary N) is 1.